The van der Waals surface area contributed by atoms with E-state index >= 15 is 0 Å². The summed E-state index contributed by atoms with van der Waals surface area (Å²) < 4.78 is 12.9. The van der Waals surface area contributed by atoms with Crippen molar-refractivity contribution in [2.24, 2.45) is 5.92 Å². The van der Waals surface area contributed by atoms with E-state index in [9.17, 15) is 4.79 Å². The Morgan fingerprint density at radius 1 is 1.03 bits per heavy atom. The molecule has 0 unspecified atom stereocenters. The Kier molecular flexibility index (Phi) is 8.58. The van der Waals surface area contributed by atoms with Crippen molar-refractivity contribution >= 4 is 23.5 Å². The van der Waals surface area contributed by atoms with Crippen LogP contribution in [0.1, 0.15) is 28.8 Å². The highest BCUT2D eigenvalue weighted by Gasteiger charge is 2.22. The number of hydrogen-bond donors (Lipinski definition) is 3. The van der Waals surface area contributed by atoms with Crippen LogP contribution in [-0.2, 0) is 4.74 Å². The summed E-state index contributed by atoms with van der Waals surface area (Å²) in [7, 11) is 0. The Morgan fingerprint density at radius 3 is 2.63 bits per heavy atom. The number of nitrogens with one attached hydrogen (secondary N) is 3. The van der Waals surface area contributed by atoms with E-state index in [1.807, 2.05) is 54.6 Å². The lowest BCUT2D eigenvalue weighted by molar-refractivity contribution is 0.0322. The van der Waals surface area contributed by atoms with Crippen LogP contribution in [0.4, 0.5) is 0 Å². The predicted molar refractivity (Wildman–Crippen MR) is 147 cm³/mol. The van der Waals surface area contributed by atoms with Crippen molar-refractivity contribution in [3.63, 3.8) is 0 Å². The molecule has 1 saturated heterocycles. The standard InChI is InChI=1S/C29H33N5O3S/c30-27-10-9-26(38-25-6-2-4-23(18-25)29(35)32-19-21-7-8-21)20-34(27)28(31)22-3-1-5-24(17-22)37-16-13-33-11-14-36-15-12-33/h1-6,9-10,17-18,20-21,30-31H,7-8,11-16,19H2,(H,32,35). The van der Waals surface area contributed by atoms with Crippen LogP contribution in [0.25, 0.3) is 0 Å². The summed E-state index contributed by atoms with van der Waals surface area (Å²) in [4.78, 5) is 16.6. The summed E-state index contributed by atoms with van der Waals surface area (Å²) >= 11 is 1.50. The second kappa shape index (κ2) is 12.4. The number of morpholine rings is 1. The zero-order valence-electron chi connectivity index (χ0n) is 21.3. The fourth-order valence-electron chi connectivity index (χ4n) is 4.21. The number of nitrogens with zero attached hydrogens (tertiary/aromatic N) is 2. The van der Waals surface area contributed by atoms with Gasteiger partial charge < -0.3 is 14.8 Å². The monoisotopic (exact) mass is 531 g/mol. The molecule has 1 saturated carbocycles. The van der Waals surface area contributed by atoms with Crippen LogP contribution in [0.5, 0.6) is 5.75 Å². The third-order valence-electron chi connectivity index (χ3n) is 6.63. The number of hydrogen-bond acceptors (Lipinski definition) is 7. The molecule has 1 aromatic heterocycles. The molecule has 8 nitrogen and oxygen atoms in total. The van der Waals surface area contributed by atoms with Crippen molar-refractivity contribution in [3.05, 3.63) is 83.5 Å². The summed E-state index contributed by atoms with van der Waals surface area (Å²) in [6.45, 7) is 5.50. The van der Waals surface area contributed by atoms with Crippen molar-refractivity contribution in [2.45, 2.75) is 22.6 Å². The maximum atomic E-state index is 12.5. The van der Waals surface area contributed by atoms with E-state index in [0.29, 0.717) is 29.4 Å². The maximum absolute atomic E-state index is 12.5. The number of carbonyl (C=O) groups excluding carboxylic acids is 1. The molecule has 0 bridgehead atoms. The molecule has 38 heavy (non-hydrogen) atoms. The van der Waals surface area contributed by atoms with Crippen LogP contribution in [-0.4, -0.2) is 67.2 Å². The minimum Gasteiger partial charge on any atom is -0.492 e. The highest BCUT2D eigenvalue weighted by Crippen LogP contribution is 2.29. The molecule has 9 heteroatoms. The molecule has 3 aromatic rings. The minimum atomic E-state index is -0.0512. The van der Waals surface area contributed by atoms with E-state index in [2.05, 4.69) is 10.2 Å². The first-order valence-electron chi connectivity index (χ1n) is 13.0. The van der Waals surface area contributed by atoms with Crippen LogP contribution < -0.4 is 15.5 Å². The fourth-order valence-corrected chi connectivity index (χ4v) is 5.11. The van der Waals surface area contributed by atoms with Gasteiger partial charge in [0.2, 0.25) is 0 Å². The highest BCUT2D eigenvalue weighted by atomic mass is 32.2. The van der Waals surface area contributed by atoms with Gasteiger partial charge in [0.05, 0.1) is 13.2 Å². The Morgan fingerprint density at radius 2 is 1.82 bits per heavy atom. The Bertz CT molecular complexity index is 1350. The van der Waals surface area contributed by atoms with Gasteiger partial charge in [-0.2, -0.15) is 0 Å². The van der Waals surface area contributed by atoms with Crippen molar-refractivity contribution < 1.29 is 14.3 Å². The number of benzene rings is 2. The number of aromatic nitrogens is 1. The topological polar surface area (TPSA) is 103 Å². The number of ether oxygens (including phenoxy) is 2. The van der Waals surface area contributed by atoms with Crippen LogP contribution in [0.15, 0.2) is 76.7 Å². The van der Waals surface area contributed by atoms with Gasteiger partial charge in [0.25, 0.3) is 5.91 Å². The van der Waals surface area contributed by atoms with Gasteiger partial charge in [0, 0.05) is 53.3 Å². The first-order chi connectivity index (χ1) is 18.5. The summed E-state index contributed by atoms with van der Waals surface area (Å²) in [5.74, 6) is 1.48. The lowest BCUT2D eigenvalue weighted by atomic mass is 10.2. The highest BCUT2D eigenvalue weighted by molar-refractivity contribution is 7.99. The van der Waals surface area contributed by atoms with Crippen LogP contribution in [0.3, 0.4) is 0 Å². The molecule has 2 fully saturated rings. The molecular formula is C29H33N5O3S. The molecule has 5 rings (SSSR count). The molecule has 0 spiro atoms. The Labute approximate surface area is 227 Å². The number of carbonyl (C=O) groups is 1. The second-order valence-electron chi connectivity index (χ2n) is 9.58. The predicted octanol–water partition coefficient (Wildman–Crippen LogP) is 3.84. The summed E-state index contributed by atoms with van der Waals surface area (Å²) in [5.41, 5.74) is 1.52. The van der Waals surface area contributed by atoms with Crippen LogP contribution in [0, 0.1) is 16.7 Å². The summed E-state index contributed by atoms with van der Waals surface area (Å²) in [5, 5.41) is 20.2. The van der Waals surface area contributed by atoms with Gasteiger partial charge in [-0.25, -0.2) is 0 Å². The van der Waals surface area contributed by atoms with Gasteiger partial charge >= 0.3 is 0 Å². The van der Waals surface area contributed by atoms with Gasteiger partial charge in [0.1, 0.15) is 23.7 Å². The summed E-state index contributed by atoms with van der Waals surface area (Å²) in [6, 6.07) is 18.6. The number of amides is 1. The van der Waals surface area contributed by atoms with Crippen molar-refractivity contribution in [1.29, 1.82) is 10.8 Å². The van der Waals surface area contributed by atoms with Crippen molar-refractivity contribution in [2.75, 3.05) is 46.0 Å². The van der Waals surface area contributed by atoms with E-state index in [0.717, 1.165) is 49.2 Å². The van der Waals surface area contributed by atoms with Crippen LogP contribution in [0.2, 0.25) is 0 Å². The molecule has 1 aliphatic heterocycles. The first kappa shape index (κ1) is 26.2. The molecule has 2 aliphatic rings. The van der Waals surface area contributed by atoms with Gasteiger partial charge in [-0.3, -0.25) is 25.1 Å². The Hall–Kier alpha value is -3.40. The van der Waals surface area contributed by atoms with Gasteiger partial charge in [-0.15, -0.1) is 0 Å². The van der Waals surface area contributed by atoms with Crippen molar-refractivity contribution in [3.8, 4) is 5.75 Å². The van der Waals surface area contributed by atoms with E-state index in [-0.39, 0.29) is 17.2 Å². The van der Waals surface area contributed by atoms with Crippen molar-refractivity contribution in [1.82, 2.24) is 14.8 Å². The molecule has 2 heterocycles. The minimum absolute atomic E-state index is 0.0512. The molecule has 2 aromatic carbocycles. The third kappa shape index (κ3) is 7.12. The number of rotatable bonds is 10. The Balaban J connectivity index is 1.24. The van der Waals surface area contributed by atoms with E-state index in [1.54, 1.807) is 16.8 Å². The van der Waals surface area contributed by atoms with Gasteiger partial charge in [-0.05, 0) is 61.2 Å². The fraction of sp³-hybridized carbons (Fsp3) is 0.345. The van der Waals surface area contributed by atoms with E-state index in [4.69, 9.17) is 20.3 Å². The molecule has 1 aliphatic carbocycles. The molecule has 1 amide bonds. The normalized spacial score (nSPS) is 15.7. The number of pyridine rings is 1. The first-order valence-corrected chi connectivity index (χ1v) is 13.8. The molecule has 0 radical (unpaired) electrons. The molecule has 198 valence electrons. The SMILES string of the molecule is N=C(c1cccc(OCCN2CCOCC2)c1)n1cc(Sc2cccc(C(=O)NCC3CC3)c2)ccc1=N. The quantitative estimate of drug-likeness (QED) is 0.272. The average molecular weight is 532 g/mol. The maximum Gasteiger partial charge on any atom is 0.251 e. The lowest BCUT2D eigenvalue weighted by Gasteiger charge is -2.26. The zero-order chi connectivity index (χ0) is 26.3. The second-order valence-corrected chi connectivity index (χ2v) is 10.7. The van der Waals surface area contributed by atoms with Crippen LogP contribution >= 0.6 is 11.8 Å². The van der Waals surface area contributed by atoms with Gasteiger partial charge in [0.15, 0.2) is 0 Å². The summed E-state index contributed by atoms with van der Waals surface area (Å²) in [6.07, 6.45) is 4.19. The average Bonchev–Trinajstić information content (AvgIpc) is 3.78. The molecular weight excluding hydrogens is 498 g/mol. The largest absolute Gasteiger partial charge is 0.492 e. The van der Waals surface area contributed by atoms with E-state index < -0.39 is 0 Å². The zero-order valence-corrected chi connectivity index (χ0v) is 22.1. The molecule has 0 atom stereocenters. The smallest absolute Gasteiger partial charge is 0.251 e. The third-order valence-corrected chi connectivity index (χ3v) is 7.60. The molecule has 3 N–H and O–H groups in total. The van der Waals surface area contributed by atoms with Gasteiger partial charge in [-0.1, -0.05) is 30.0 Å². The van der Waals surface area contributed by atoms with E-state index in [1.165, 1.54) is 24.6 Å². The lowest BCUT2D eigenvalue weighted by Crippen LogP contribution is -2.38.